The van der Waals surface area contributed by atoms with Crippen LogP contribution in [0.1, 0.15) is 29.8 Å². The van der Waals surface area contributed by atoms with Crippen LogP contribution in [0.5, 0.6) is 0 Å². The van der Waals surface area contributed by atoms with Gasteiger partial charge in [-0.15, -0.1) is 0 Å². The average Bonchev–Trinajstić information content (AvgIpc) is 3.08. The summed E-state index contributed by atoms with van der Waals surface area (Å²) in [5, 5.41) is 7.90. The molecule has 156 valence electrons. The van der Waals surface area contributed by atoms with Crippen molar-refractivity contribution in [1.82, 2.24) is 15.1 Å². The molecule has 5 heteroatoms. The van der Waals surface area contributed by atoms with Gasteiger partial charge in [0.05, 0.1) is 17.7 Å². The lowest BCUT2D eigenvalue weighted by molar-refractivity contribution is -0.130. The maximum absolute atomic E-state index is 13.3. The number of nitrogens with one attached hydrogen (secondary N) is 1. The van der Waals surface area contributed by atoms with Crippen LogP contribution < -0.4 is 5.32 Å². The molecule has 1 aliphatic heterocycles. The van der Waals surface area contributed by atoms with E-state index in [4.69, 9.17) is 9.84 Å². The van der Waals surface area contributed by atoms with Crippen molar-refractivity contribution >= 4 is 5.91 Å². The van der Waals surface area contributed by atoms with Crippen LogP contribution >= 0.6 is 0 Å². The van der Waals surface area contributed by atoms with Gasteiger partial charge in [0.1, 0.15) is 0 Å². The Hall–Kier alpha value is -2.92. The summed E-state index contributed by atoms with van der Waals surface area (Å²) in [5.41, 5.74) is 5.04. The van der Waals surface area contributed by atoms with Gasteiger partial charge >= 0.3 is 0 Å². The molecule has 3 aromatic rings. The topological polar surface area (TPSA) is 56.2 Å². The van der Waals surface area contributed by atoms with Crippen LogP contribution in [0.4, 0.5) is 0 Å². The van der Waals surface area contributed by atoms with Crippen LogP contribution in [0.25, 0.3) is 11.1 Å². The molecule has 0 unspecified atom stereocenters. The zero-order valence-electron chi connectivity index (χ0n) is 17.7. The second kappa shape index (κ2) is 8.84. The number of carbonyl (C=O) groups excluding carboxylic acids is 1. The molecule has 1 aromatic heterocycles. The van der Waals surface area contributed by atoms with Crippen LogP contribution in [0.15, 0.2) is 60.7 Å². The minimum Gasteiger partial charge on any atom is -0.381 e. The van der Waals surface area contributed by atoms with Crippen molar-refractivity contribution < 1.29 is 9.53 Å². The molecule has 1 fully saturated rings. The van der Waals surface area contributed by atoms with Gasteiger partial charge in [-0.1, -0.05) is 60.7 Å². The van der Waals surface area contributed by atoms with Crippen molar-refractivity contribution in [2.45, 2.75) is 38.6 Å². The fourth-order valence-electron chi connectivity index (χ4n) is 4.51. The predicted molar refractivity (Wildman–Crippen MR) is 118 cm³/mol. The highest BCUT2D eigenvalue weighted by atomic mass is 16.5. The number of carbonyl (C=O) groups is 1. The minimum atomic E-state index is -0.510. The lowest BCUT2D eigenvalue weighted by Crippen LogP contribution is -2.48. The number of ether oxygens (including phenoxy) is 1. The van der Waals surface area contributed by atoms with E-state index in [1.165, 1.54) is 11.1 Å². The number of nitrogens with zero attached hydrogens (tertiary/aromatic N) is 2. The Balaban J connectivity index is 1.47. The number of rotatable bonds is 6. The molecule has 2 aromatic carbocycles. The molecule has 2 heterocycles. The summed E-state index contributed by atoms with van der Waals surface area (Å²) in [4.78, 5) is 13.3. The normalized spacial score (nSPS) is 15.7. The van der Waals surface area contributed by atoms with Gasteiger partial charge in [-0.3, -0.25) is 9.48 Å². The molecule has 1 saturated heterocycles. The lowest BCUT2D eigenvalue weighted by atomic mass is 9.73. The van der Waals surface area contributed by atoms with Crippen LogP contribution in [0.3, 0.4) is 0 Å². The Morgan fingerprint density at radius 3 is 2.33 bits per heavy atom. The van der Waals surface area contributed by atoms with Crippen molar-refractivity contribution in [3.63, 3.8) is 0 Å². The zero-order chi connectivity index (χ0) is 21.0. The van der Waals surface area contributed by atoms with Crippen molar-refractivity contribution in [1.29, 1.82) is 0 Å². The SMILES string of the molecule is Cc1nn(CCNC(=O)C2(c3ccccc3)CCOCC2)c(C)c1-c1ccccc1. The Morgan fingerprint density at radius 2 is 1.67 bits per heavy atom. The standard InChI is InChI=1S/C25H29N3O2/c1-19-23(21-9-5-3-6-10-21)20(2)28(27-19)16-15-26-24(29)25(13-17-30-18-14-25)22-11-7-4-8-12-22/h3-12H,13-18H2,1-2H3,(H,26,29). The van der Waals surface area contributed by atoms with Crippen molar-refractivity contribution in [2.24, 2.45) is 0 Å². The van der Waals surface area contributed by atoms with Crippen LogP contribution in [-0.4, -0.2) is 35.4 Å². The molecule has 0 spiro atoms. The summed E-state index contributed by atoms with van der Waals surface area (Å²) in [7, 11) is 0. The second-order valence-electron chi connectivity index (χ2n) is 7.95. The maximum atomic E-state index is 13.3. The first kappa shape index (κ1) is 20.4. The zero-order valence-corrected chi connectivity index (χ0v) is 17.7. The first-order valence-corrected chi connectivity index (χ1v) is 10.6. The van der Waals surface area contributed by atoms with E-state index in [9.17, 15) is 4.79 Å². The van der Waals surface area contributed by atoms with Gasteiger partial charge < -0.3 is 10.1 Å². The van der Waals surface area contributed by atoms with Crippen molar-refractivity contribution in [2.75, 3.05) is 19.8 Å². The third-order valence-electron chi connectivity index (χ3n) is 6.16. The first-order valence-electron chi connectivity index (χ1n) is 10.6. The Bertz CT molecular complexity index is 990. The van der Waals surface area contributed by atoms with Gasteiger partial charge in [-0.25, -0.2) is 0 Å². The fourth-order valence-corrected chi connectivity index (χ4v) is 4.51. The van der Waals surface area contributed by atoms with Crippen molar-refractivity contribution in [3.05, 3.63) is 77.6 Å². The monoisotopic (exact) mass is 403 g/mol. The molecule has 0 atom stereocenters. The van der Waals surface area contributed by atoms with Crippen LogP contribution in [0.2, 0.25) is 0 Å². The second-order valence-corrected chi connectivity index (χ2v) is 7.95. The quantitative estimate of drug-likeness (QED) is 0.676. The van der Waals surface area contributed by atoms with E-state index in [2.05, 4.69) is 36.5 Å². The molecule has 4 rings (SSSR count). The predicted octanol–water partition coefficient (Wildman–Crippen LogP) is 4.03. The molecule has 5 nitrogen and oxygen atoms in total. The summed E-state index contributed by atoms with van der Waals surface area (Å²) in [6.45, 7) is 6.54. The molecule has 30 heavy (non-hydrogen) atoms. The molecular weight excluding hydrogens is 374 g/mol. The largest absolute Gasteiger partial charge is 0.381 e. The molecule has 0 saturated carbocycles. The molecule has 1 aliphatic rings. The van der Waals surface area contributed by atoms with E-state index in [0.717, 1.165) is 17.0 Å². The van der Waals surface area contributed by atoms with Gasteiger partial charge in [0.15, 0.2) is 0 Å². The number of aromatic nitrogens is 2. The van der Waals surface area contributed by atoms with Gasteiger partial charge in [0.25, 0.3) is 0 Å². The smallest absolute Gasteiger partial charge is 0.230 e. The average molecular weight is 404 g/mol. The number of aryl methyl sites for hydroxylation is 1. The Kier molecular flexibility index (Phi) is 6.00. The molecule has 1 N–H and O–H groups in total. The third-order valence-corrected chi connectivity index (χ3v) is 6.16. The third kappa shape index (κ3) is 3.90. The lowest BCUT2D eigenvalue weighted by Gasteiger charge is -2.36. The van der Waals surface area contributed by atoms with Gasteiger partial charge in [0, 0.05) is 31.0 Å². The minimum absolute atomic E-state index is 0.0850. The van der Waals surface area contributed by atoms with E-state index < -0.39 is 5.41 Å². The van der Waals surface area contributed by atoms with E-state index in [-0.39, 0.29) is 5.91 Å². The Morgan fingerprint density at radius 1 is 1.03 bits per heavy atom. The van der Waals surface area contributed by atoms with Crippen molar-refractivity contribution in [3.8, 4) is 11.1 Å². The maximum Gasteiger partial charge on any atom is 0.230 e. The molecule has 0 bridgehead atoms. The molecule has 1 amide bonds. The van der Waals surface area contributed by atoms with Gasteiger partial charge in [-0.2, -0.15) is 5.10 Å². The van der Waals surface area contributed by atoms with E-state index in [0.29, 0.717) is 39.1 Å². The van der Waals surface area contributed by atoms with Gasteiger partial charge in [0.2, 0.25) is 5.91 Å². The number of hydrogen-bond donors (Lipinski definition) is 1. The molecule has 0 aliphatic carbocycles. The summed E-state index contributed by atoms with van der Waals surface area (Å²) in [6.07, 6.45) is 1.42. The first-order chi connectivity index (χ1) is 14.6. The number of benzene rings is 2. The highest BCUT2D eigenvalue weighted by Crippen LogP contribution is 2.35. The summed E-state index contributed by atoms with van der Waals surface area (Å²) in [6, 6.07) is 20.4. The Labute approximate surface area is 178 Å². The van der Waals surface area contributed by atoms with Crippen LogP contribution in [0, 0.1) is 13.8 Å². The number of amides is 1. The van der Waals surface area contributed by atoms with Gasteiger partial charge in [-0.05, 0) is 37.8 Å². The van der Waals surface area contributed by atoms with E-state index in [1.54, 1.807) is 0 Å². The number of hydrogen-bond acceptors (Lipinski definition) is 3. The summed E-state index contributed by atoms with van der Waals surface area (Å²) >= 11 is 0. The van der Waals surface area contributed by atoms with E-state index >= 15 is 0 Å². The highest BCUT2D eigenvalue weighted by molar-refractivity contribution is 5.88. The molecular formula is C25H29N3O2. The molecule has 0 radical (unpaired) electrons. The highest BCUT2D eigenvalue weighted by Gasteiger charge is 2.41. The van der Waals surface area contributed by atoms with Crippen LogP contribution in [-0.2, 0) is 21.5 Å². The summed E-state index contributed by atoms with van der Waals surface area (Å²) in [5.74, 6) is 0.0850. The van der Waals surface area contributed by atoms with E-state index in [1.807, 2.05) is 48.0 Å². The fraction of sp³-hybridized carbons (Fsp3) is 0.360. The summed E-state index contributed by atoms with van der Waals surface area (Å²) < 4.78 is 7.55.